The van der Waals surface area contributed by atoms with Gasteiger partial charge < -0.3 is 9.66 Å². The van der Waals surface area contributed by atoms with Crippen LogP contribution in [0.15, 0.2) is 18.2 Å². The van der Waals surface area contributed by atoms with Crippen LogP contribution < -0.4 is 0 Å². The molecule has 0 radical (unpaired) electrons. The predicted molar refractivity (Wildman–Crippen MR) is 85.6 cm³/mol. The minimum atomic E-state index is -4.74. The van der Waals surface area contributed by atoms with Crippen LogP contribution in [0.1, 0.15) is 61.1 Å². The van der Waals surface area contributed by atoms with E-state index in [1.807, 2.05) is 0 Å². The fourth-order valence-electron chi connectivity index (χ4n) is 3.46. The van der Waals surface area contributed by atoms with E-state index in [1.165, 1.54) is 6.07 Å². The number of benzene rings is 1. The van der Waals surface area contributed by atoms with Crippen molar-refractivity contribution in [2.75, 3.05) is 0 Å². The maximum absolute atomic E-state index is 13.3. The molecule has 1 N–H and O–H groups in total. The van der Waals surface area contributed by atoms with Gasteiger partial charge in [-0.2, -0.15) is 13.2 Å². The third-order valence-corrected chi connectivity index (χ3v) is 5.25. The first kappa shape index (κ1) is 19.9. The molecule has 2 rings (SSSR count). The van der Waals surface area contributed by atoms with E-state index in [0.717, 1.165) is 44.2 Å². The Bertz CT molecular complexity index is 639. The molecule has 0 aromatic heterocycles. The van der Waals surface area contributed by atoms with Crippen molar-refractivity contribution in [1.82, 2.24) is 0 Å². The average Bonchev–Trinajstić information content (AvgIpc) is 2.52. The molecule has 8 heteroatoms. The van der Waals surface area contributed by atoms with Gasteiger partial charge in [-0.05, 0) is 29.5 Å². The van der Waals surface area contributed by atoms with Gasteiger partial charge in [0.25, 0.3) is 0 Å². The van der Waals surface area contributed by atoms with Crippen LogP contribution in [0.3, 0.4) is 0 Å². The third-order valence-electron chi connectivity index (χ3n) is 4.71. The lowest BCUT2D eigenvalue weighted by Gasteiger charge is -2.25. The van der Waals surface area contributed by atoms with E-state index in [9.17, 15) is 31.8 Å². The zero-order chi connectivity index (χ0) is 18.6. The summed E-state index contributed by atoms with van der Waals surface area (Å²) in [5, 5.41) is 9.49. The van der Waals surface area contributed by atoms with Gasteiger partial charge in [0.2, 0.25) is 0 Å². The predicted octanol–water partition coefficient (Wildman–Crippen LogP) is 4.22. The lowest BCUT2D eigenvalue weighted by molar-refractivity contribution is -0.140. The Morgan fingerprint density at radius 1 is 1.28 bits per heavy atom. The molecule has 4 nitrogen and oxygen atoms in total. The van der Waals surface area contributed by atoms with E-state index >= 15 is 0 Å². The van der Waals surface area contributed by atoms with E-state index in [0.29, 0.717) is 6.42 Å². The summed E-state index contributed by atoms with van der Waals surface area (Å²) < 4.78 is 61.3. The Labute approximate surface area is 146 Å². The highest BCUT2D eigenvalue weighted by Crippen LogP contribution is 2.37. The van der Waals surface area contributed by atoms with E-state index < -0.39 is 40.5 Å². The topological polar surface area (TPSA) is 77.4 Å². The Balaban J connectivity index is 2.33. The molecule has 0 amide bonds. The van der Waals surface area contributed by atoms with Crippen molar-refractivity contribution in [2.24, 2.45) is 5.92 Å². The zero-order valence-corrected chi connectivity index (χ0v) is 14.4. The van der Waals surface area contributed by atoms with Crippen LogP contribution in [0.25, 0.3) is 0 Å². The van der Waals surface area contributed by atoms with Crippen molar-refractivity contribution in [3.8, 4) is 0 Å². The van der Waals surface area contributed by atoms with Gasteiger partial charge in [0.05, 0.1) is 11.5 Å². The van der Waals surface area contributed by atoms with Crippen molar-refractivity contribution in [3.63, 3.8) is 0 Å². The second-order valence-electron chi connectivity index (χ2n) is 6.49. The van der Waals surface area contributed by atoms with Gasteiger partial charge in [-0.15, -0.1) is 0 Å². The summed E-state index contributed by atoms with van der Waals surface area (Å²) in [4.78, 5) is 11.6. The maximum atomic E-state index is 13.3. The standard InChI is InChI=1S/C17H21F3O4S/c18-17(19,20)15-9-12(6-7-13(15)10-25(23)24)14(16(21)22)8-11-4-2-1-3-5-11/h6-7,9,11,14H,1-5,8,10H2,(H,21,22)(H,23,24)/p-1. The van der Waals surface area contributed by atoms with Crippen LogP contribution in [0.5, 0.6) is 0 Å². The van der Waals surface area contributed by atoms with E-state index in [-0.39, 0.29) is 17.0 Å². The van der Waals surface area contributed by atoms with Gasteiger partial charge in [0, 0.05) is 5.75 Å². The number of hydrogen-bond donors (Lipinski definition) is 1. The van der Waals surface area contributed by atoms with Crippen molar-refractivity contribution >= 4 is 17.0 Å². The summed E-state index contributed by atoms with van der Waals surface area (Å²) in [6.07, 6.45) is 0.482. The molecule has 0 aliphatic heterocycles. The highest BCUT2D eigenvalue weighted by molar-refractivity contribution is 7.78. The van der Waals surface area contributed by atoms with Gasteiger partial charge in [-0.25, -0.2) is 0 Å². The van der Waals surface area contributed by atoms with E-state index in [1.54, 1.807) is 0 Å². The van der Waals surface area contributed by atoms with Gasteiger partial charge in [0.15, 0.2) is 0 Å². The minimum Gasteiger partial charge on any atom is -0.772 e. The fourth-order valence-corrected chi connectivity index (χ4v) is 3.97. The zero-order valence-electron chi connectivity index (χ0n) is 13.6. The number of rotatable bonds is 6. The minimum absolute atomic E-state index is 0.0748. The summed E-state index contributed by atoms with van der Waals surface area (Å²) in [7, 11) is 0. The van der Waals surface area contributed by atoms with Gasteiger partial charge in [-0.1, -0.05) is 55.3 Å². The molecule has 2 unspecified atom stereocenters. The monoisotopic (exact) mass is 377 g/mol. The summed E-state index contributed by atoms with van der Waals surface area (Å²) in [5.74, 6) is -2.73. The number of aliphatic carboxylic acids is 1. The van der Waals surface area contributed by atoms with Crippen LogP contribution in [0, 0.1) is 5.92 Å². The molecule has 2 atom stereocenters. The number of hydrogen-bond acceptors (Lipinski definition) is 3. The molecule has 0 spiro atoms. The number of alkyl halides is 3. The van der Waals surface area contributed by atoms with Gasteiger partial charge in [0.1, 0.15) is 0 Å². The largest absolute Gasteiger partial charge is 0.772 e. The van der Waals surface area contributed by atoms with Crippen LogP contribution in [-0.4, -0.2) is 19.8 Å². The highest BCUT2D eigenvalue weighted by Gasteiger charge is 2.35. The van der Waals surface area contributed by atoms with E-state index in [4.69, 9.17) is 0 Å². The molecular formula is C17H20F3O4S-. The molecule has 1 fully saturated rings. The van der Waals surface area contributed by atoms with Crippen LogP contribution in [-0.2, 0) is 27.8 Å². The molecule has 140 valence electrons. The van der Waals surface area contributed by atoms with Crippen molar-refractivity contribution in [1.29, 1.82) is 0 Å². The first-order chi connectivity index (χ1) is 11.7. The second-order valence-corrected chi connectivity index (χ2v) is 7.39. The first-order valence-electron chi connectivity index (χ1n) is 8.17. The third kappa shape index (κ3) is 5.54. The molecule has 1 aliphatic carbocycles. The highest BCUT2D eigenvalue weighted by atomic mass is 32.2. The summed E-state index contributed by atoms with van der Waals surface area (Å²) in [6.45, 7) is 0. The number of halogens is 3. The second kappa shape index (κ2) is 8.31. The van der Waals surface area contributed by atoms with Crippen LogP contribution in [0.2, 0.25) is 0 Å². The summed E-state index contributed by atoms with van der Waals surface area (Å²) in [6, 6.07) is 3.17. The smallest absolute Gasteiger partial charge is 0.416 e. The molecule has 0 bridgehead atoms. The quantitative estimate of drug-likeness (QED) is 0.753. The lowest BCUT2D eigenvalue weighted by atomic mass is 9.80. The fraction of sp³-hybridized carbons (Fsp3) is 0.588. The lowest BCUT2D eigenvalue weighted by Crippen LogP contribution is -2.19. The van der Waals surface area contributed by atoms with Gasteiger partial charge >= 0.3 is 12.1 Å². The normalized spacial score (nSPS) is 18.7. The summed E-state index contributed by atoms with van der Waals surface area (Å²) >= 11 is -2.66. The maximum Gasteiger partial charge on any atom is 0.416 e. The first-order valence-corrected chi connectivity index (χ1v) is 9.41. The van der Waals surface area contributed by atoms with Gasteiger partial charge in [-0.3, -0.25) is 9.00 Å². The number of carboxylic acids is 1. The van der Waals surface area contributed by atoms with Crippen molar-refractivity contribution in [2.45, 2.75) is 56.4 Å². The Morgan fingerprint density at radius 2 is 1.92 bits per heavy atom. The molecular weight excluding hydrogens is 357 g/mol. The van der Waals surface area contributed by atoms with Crippen LogP contribution in [0.4, 0.5) is 13.2 Å². The molecule has 25 heavy (non-hydrogen) atoms. The van der Waals surface area contributed by atoms with Crippen LogP contribution >= 0.6 is 0 Å². The molecule has 1 aromatic carbocycles. The average molecular weight is 377 g/mol. The molecule has 1 saturated carbocycles. The number of carboxylic acid groups (broad SMARTS) is 1. The Kier molecular flexibility index (Phi) is 6.62. The molecule has 1 aliphatic rings. The van der Waals surface area contributed by atoms with Crippen molar-refractivity contribution < 1.29 is 31.8 Å². The molecule has 0 heterocycles. The Hall–Kier alpha value is -1.41. The number of carbonyl (C=O) groups is 1. The summed E-state index contributed by atoms with van der Waals surface area (Å²) in [5.41, 5.74) is -1.37. The van der Waals surface area contributed by atoms with Crippen molar-refractivity contribution in [3.05, 3.63) is 34.9 Å². The SMILES string of the molecule is O=C(O)C(CC1CCCCC1)c1ccc(CS(=O)[O-])c(C(F)(F)F)c1. The van der Waals surface area contributed by atoms with E-state index in [2.05, 4.69) is 0 Å². The Morgan fingerprint density at radius 3 is 2.44 bits per heavy atom. The molecule has 0 saturated heterocycles. The molecule has 1 aromatic rings.